The normalized spacial score (nSPS) is 32.1. The third-order valence-electron chi connectivity index (χ3n) is 0.883. The van der Waals surface area contributed by atoms with E-state index in [2.05, 4.69) is 4.99 Å². The Kier molecular flexibility index (Phi) is 1.58. The topological polar surface area (TPSA) is 38.4 Å². The summed E-state index contributed by atoms with van der Waals surface area (Å²) in [7, 11) is 0. The van der Waals surface area contributed by atoms with Crippen LogP contribution in [-0.2, 0) is 0 Å². The molecule has 0 aromatic carbocycles. The van der Waals surface area contributed by atoms with Gasteiger partial charge in [0.2, 0.25) is 0 Å². The number of hydrogen-bond acceptors (Lipinski definition) is 3. The number of aliphatic imine (C=N–C) groups is 1. The van der Waals surface area contributed by atoms with E-state index in [0.717, 1.165) is 4.91 Å². The molecule has 0 saturated carbocycles. The summed E-state index contributed by atoms with van der Waals surface area (Å²) in [4.78, 5) is 5.15. The zero-order valence-corrected chi connectivity index (χ0v) is 5.48. The van der Waals surface area contributed by atoms with Crippen molar-refractivity contribution < 1.29 is 0 Å². The van der Waals surface area contributed by atoms with Gasteiger partial charge in [-0.1, -0.05) is 11.8 Å². The van der Waals surface area contributed by atoms with Crippen LogP contribution in [-0.4, -0.2) is 11.6 Å². The predicted molar refractivity (Wildman–Crippen MR) is 37.8 cm³/mol. The summed E-state index contributed by atoms with van der Waals surface area (Å²) in [5.74, 6) is 0. The fourth-order valence-electron chi connectivity index (χ4n) is 0.519. The van der Waals surface area contributed by atoms with Gasteiger partial charge >= 0.3 is 0 Å². The summed E-state index contributed by atoms with van der Waals surface area (Å²) in [5.41, 5.74) is 5.22. The Hall–Kier alpha value is -0.440. The van der Waals surface area contributed by atoms with E-state index in [4.69, 9.17) is 5.73 Å². The van der Waals surface area contributed by atoms with Crippen LogP contribution < -0.4 is 5.73 Å². The Balaban J connectivity index is 2.59. The van der Waals surface area contributed by atoms with E-state index < -0.39 is 0 Å². The Morgan fingerprint density at radius 3 is 3.00 bits per heavy atom. The van der Waals surface area contributed by atoms with Gasteiger partial charge in [-0.05, 0) is 6.92 Å². The Labute approximate surface area is 52.9 Å². The van der Waals surface area contributed by atoms with Gasteiger partial charge in [-0.3, -0.25) is 4.99 Å². The molecule has 0 fully saturated rings. The van der Waals surface area contributed by atoms with E-state index in [1.54, 1.807) is 24.2 Å². The minimum absolute atomic E-state index is 0.366. The highest BCUT2D eigenvalue weighted by molar-refractivity contribution is 8.04. The number of rotatable bonds is 0. The molecule has 8 heavy (non-hydrogen) atoms. The van der Waals surface area contributed by atoms with Gasteiger partial charge in [-0.25, -0.2) is 0 Å². The van der Waals surface area contributed by atoms with Gasteiger partial charge in [-0.2, -0.15) is 0 Å². The second-order valence-electron chi connectivity index (χ2n) is 1.56. The lowest BCUT2D eigenvalue weighted by Crippen LogP contribution is -1.83. The lowest BCUT2D eigenvalue weighted by atomic mass is 10.6. The zero-order chi connectivity index (χ0) is 5.98. The van der Waals surface area contributed by atoms with Gasteiger partial charge in [0.15, 0.2) is 0 Å². The summed E-state index contributed by atoms with van der Waals surface area (Å²) < 4.78 is 0. The second-order valence-corrected chi connectivity index (χ2v) is 2.95. The van der Waals surface area contributed by atoms with Gasteiger partial charge in [0, 0.05) is 17.3 Å². The lowest BCUT2D eigenvalue weighted by molar-refractivity contribution is 1.07. The van der Waals surface area contributed by atoms with Crippen molar-refractivity contribution in [3.63, 3.8) is 0 Å². The molecule has 0 amide bonds. The molecular formula is C5H8N2S. The summed E-state index contributed by atoms with van der Waals surface area (Å²) in [5, 5.41) is 0.366. The van der Waals surface area contributed by atoms with Crippen LogP contribution in [0.3, 0.4) is 0 Å². The van der Waals surface area contributed by atoms with Crippen LogP contribution in [0.5, 0.6) is 0 Å². The summed E-state index contributed by atoms with van der Waals surface area (Å²) in [6.07, 6.45) is 3.38. The molecule has 1 unspecified atom stereocenters. The van der Waals surface area contributed by atoms with Gasteiger partial charge in [0.25, 0.3) is 0 Å². The average molecular weight is 128 g/mol. The second kappa shape index (κ2) is 2.22. The molecule has 0 radical (unpaired) electrons. The summed E-state index contributed by atoms with van der Waals surface area (Å²) in [6.45, 7) is 2.04. The molecule has 0 aromatic heterocycles. The Bertz CT molecular complexity index is 139. The van der Waals surface area contributed by atoms with Crippen molar-refractivity contribution in [2.75, 3.05) is 0 Å². The lowest BCUT2D eigenvalue weighted by Gasteiger charge is -1.91. The number of allylic oxidation sites excluding steroid dienone is 1. The number of nitrogens with zero attached hydrogens (tertiary/aromatic N) is 1. The molecule has 1 atom stereocenters. The molecule has 0 saturated heterocycles. The molecule has 0 bridgehead atoms. The highest BCUT2D eigenvalue weighted by Crippen LogP contribution is 2.25. The largest absolute Gasteiger partial charge is 0.404 e. The Morgan fingerprint density at radius 1 is 2.00 bits per heavy atom. The Morgan fingerprint density at radius 2 is 2.75 bits per heavy atom. The number of nitrogens with two attached hydrogens (primary N) is 1. The average Bonchev–Trinajstić information content (AvgIpc) is 2.14. The van der Waals surface area contributed by atoms with Crippen molar-refractivity contribution in [2.24, 2.45) is 10.7 Å². The fraction of sp³-hybridized carbons (Fsp3) is 0.400. The third kappa shape index (κ3) is 1.04. The van der Waals surface area contributed by atoms with Crippen LogP contribution in [0, 0.1) is 0 Å². The van der Waals surface area contributed by atoms with E-state index in [-0.39, 0.29) is 0 Å². The first-order chi connectivity index (χ1) is 3.83. The highest BCUT2D eigenvalue weighted by Gasteiger charge is 2.07. The van der Waals surface area contributed by atoms with Gasteiger partial charge in [-0.15, -0.1) is 0 Å². The molecule has 1 rings (SSSR count). The van der Waals surface area contributed by atoms with Crippen molar-refractivity contribution in [2.45, 2.75) is 12.3 Å². The molecule has 3 heteroatoms. The monoisotopic (exact) mass is 128 g/mol. The third-order valence-corrected chi connectivity index (χ3v) is 1.86. The van der Waals surface area contributed by atoms with Crippen LogP contribution in [0.15, 0.2) is 16.1 Å². The van der Waals surface area contributed by atoms with E-state index in [1.807, 2.05) is 6.92 Å². The first-order valence-electron chi connectivity index (χ1n) is 2.44. The molecule has 1 heterocycles. The number of hydrogen-bond donors (Lipinski definition) is 1. The van der Waals surface area contributed by atoms with E-state index in [1.165, 1.54) is 0 Å². The maximum absolute atomic E-state index is 5.22. The molecule has 1 aliphatic rings. The minimum atomic E-state index is 0.366. The quantitative estimate of drug-likeness (QED) is 0.527. The summed E-state index contributed by atoms with van der Waals surface area (Å²) in [6, 6.07) is 0. The zero-order valence-electron chi connectivity index (χ0n) is 4.66. The fourth-order valence-corrected chi connectivity index (χ4v) is 1.23. The van der Waals surface area contributed by atoms with Crippen LogP contribution in [0.25, 0.3) is 0 Å². The van der Waals surface area contributed by atoms with Crippen molar-refractivity contribution in [1.29, 1.82) is 0 Å². The standard InChI is InChI=1S/C5H8N2S/c1-4-7-3-5(2-6)8-4/h2-4H,6H2,1H3. The van der Waals surface area contributed by atoms with Crippen molar-refractivity contribution in [3.8, 4) is 0 Å². The van der Waals surface area contributed by atoms with E-state index in [0.29, 0.717) is 5.37 Å². The van der Waals surface area contributed by atoms with Crippen LogP contribution in [0.4, 0.5) is 0 Å². The molecule has 0 aliphatic carbocycles. The van der Waals surface area contributed by atoms with Gasteiger partial charge < -0.3 is 5.73 Å². The maximum Gasteiger partial charge on any atom is 0.0970 e. The predicted octanol–water partition coefficient (Wildman–Crippen LogP) is 0.950. The minimum Gasteiger partial charge on any atom is -0.404 e. The van der Waals surface area contributed by atoms with Crippen LogP contribution in [0.2, 0.25) is 0 Å². The SMILES string of the molecule is CC1N=CC(=CN)S1. The first kappa shape index (κ1) is 5.69. The van der Waals surface area contributed by atoms with Crippen molar-refractivity contribution >= 4 is 18.0 Å². The number of thioether (sulfide) groups is 1. The first-order valence-corrected chi connectivity index (χ1v) is 3.32. The molecule has 0 aromatic rings. The smallest absolute Gasteiger partial charge is 0.0970 e. The van der Waals surface area contributed by atoms with Gasteiger partial charge in [0.1, 0.15) is 0 Å². The van der Waals surface area contributed by atoms with E-state index >= 15 is 0 Å². The highest BCUT2D eigenvalue weighted by atomic mass is 32.2. The van der Waals surface area contributed by atoms with Crippen LogP contribution in [0.1, 0.15) is 6.92 Å². The molecule has 2 N–H and O–H groups in total. The maximum atomic E-state index is 5.22. The molecular weight excluding hydrogens is 120 g/mol. The molecule has 44 valence electrons. The van der Waals surface area contributed by atoms with E-state index in [9.17, 15) is 0 Å². The van der Waals surface area contributed by atoms with Gasteiger partial charge in [0.05, 0.1) is 5.37 Å². The summed E-state index contributed by atoms with van der Waals surface area (Å²) >= 11 is 1.68. The molecule has 2 nitrogen and oxygen atoms in total. The van der Waals surface area contributed by atoms with Crippen molar-refractivity contribution in [1.82, 2.24) is 0 Å². The molecule has 0 spiro atoms. The van der Waals surface area contributed by atoms with Crippen LogP contribution >= 0.6 is 11.8 Å². The molecule has 1 aliphatic heterocycles. The van der Waals surface area contributed by atoms with Crippen molar-refractivity contribution in [3.05, 3.63) is 11.1 Å².